The number of hydrogen-bond donors (Lipinski definition) is 0. The molecule has 0 aromatic heterocycles. The van der Waals surface area contributed by atoms with Crippen LogP contribution < -0.4 is 0 Å². The van der Waals surface area contributed by atoms with Gasteiger partial charge in [0.25, 0.3) is 0 Å². The largest absolute Gasteiger partial charge is 0.0992 e. The Kier molecular flexibility index (Phi) is 49.4. The quantitative estimate of drug-likeness (QED) is 0.0421. The van der Waals surface area contributed by atoms with Crippen molar-refractivity contribution in [2.75, 3.05) is 0 Å². The SMILES string of the molecule is C=C(CC(C)(C)C(C)(C(C)(C)C(C)(C)C(C)(C)C(C)(C)CCCCCC)C(C)(C)C(C)(C)C(C)(C)C(C)(C)CCCCCCCC)C(C)(C(C)(C)C)C(C)(C)C.C=C(CC(C)(C)C(C)(C)CC(C)(C)C(C)(C)CCC(CCCCCCCCCC)CCCCCCCCCCCC)C(C)(C(C)(C)C)C(C)(C)C.C=C(CC(C)(C)C)C(C)(C(C)(C)C)C(C)(C)C. The van der Waals surface area contributed by atoms with Gasteiger partial charge in [-0.2, -0.15) is 0 Å². The van der Waals surface area contributed by atoms with Gasteiger partial charge in [-0.1, -0.05) is 610 Å². The normalized spacial score (nSPS) is 15.6. The molecule has 0 saturated carbocycles. The first-order chi connectivity index (χ1) is 55.0. The monoisotopic (exact) mass is 1740 g/mol. The fraction of sp³-hybridized carbons (Fsp3) is 0.952. The van der Waals surface area contributed by atoms with E-state index in [1.807, 2.05) is 0 Å². The fourth-order valence-electron chi connectivity index (χ4n) is 25.6. The van der Waals surface area contributed by atoms with Gasteiger partial charge < -0.3 is 0 Å². The molecule has 0 bridgehead atoms. The van der Waals surface area contributed by atoms with E-state index in [4.69, 9.17) is 13.2 Å². The predicted octanol–water partition coefficient (Wildman–Crippen LogP) is 44.8. The first-order valence-electron chi connectivity index (χ1n) is 54.0. The minimum absolute atomic E-state index is 0.00946. The lowest BCUT2D eigenvalue weighted by Crippen LogP contribution is -2.69. The average molecular weight is 1740 g/mol. The van der Waals surface area contributed by atoms with Crippen LogP contribution in [0.4, 0.5) is 0 Å². The van der Waals surface area contributed by atoms with Crippen LogP contribution in [0.25, 0.3) is 0 Å². The highest BCUT2D eigenvalue weighted by molar-refractivity contribution is 5.26. The molecule has 0 aromatic carbocycles. The second kappa shape index (κ2) is 48.1. The zero-order valence-corrected chi connectivity index (χ0v) is 98.1. The highest BCUT2D eigenvalue weighted by Gasteiger charge is 2.72. The van der Waals surface area contributed by atoms with E-state index >= 15 is 0 Å². The van der Waals surface area contributed by atoms with Crippen molar-refractivity contribution in [2.24, 2.45) is 136 Å². The molecule has 0 rings (SSSR count). The molecule has 124 heavy (non-hydrogen) atoms. The van der Waals surface area contributed by atoms with Gasteiger partial charge in [-0.15, -0.1) is 0 Å². The summed E-state index contributed by atoms with van der Waals surface area (Å²) in [5.74, 6) is 0.912. The van der Waals surface area contributed by atoms with E-state index in [2.05, 4.69) is 387 Å². The topological polar surface area (TPSA) is 0 Å². The Labute approximate surface area is 792 Å². The molecule has 744 valence electrons. The molecule has 2 atom stereocenters. The summed E-state index contributed by atoms with van der Waals surface area (Å²) in [6.07, 6.45) is 52.1. The molecule has 2 unspecified atom stereocenters. The number of unbranched alkanes of at least 4 members (excludes halogenated alkanes) is 24. The molecule has 0 radical (unpaired) electrons. The highest BCUT2D eigenvalue weighted by atomic mass is 14.8. The van der Waals surface area contributed by atoms with E-state index in [1.54, 1.807) is 0 Å². The van der Waals surface area contributed by atoms with E-state index in [1.165, 1.54) is 241 Å². The van der Waals surface area contributed by atoms with Crippen LogP contribution in [0.2, 0.25) is 0 Å². The van der Waals surface area contributed by atoms with E-state index in [9.17, 15) is 0 Å². The Bertz CT molecular complexity index is 2930. The third kappa shape index (κ3) is 31.7. The third-order valence-corrected chi connectivity index (χ3v) is 41.6. The molecular weight excluding hydrogens is 1490 g/mol. The van der Waals surface area contributed by atoms with Gasteiger partial charge in [-0.05, 0) is 187 Å². The smallest absolute Gasteiger partial charge is 0.00219 e. The molecule has 0 fully saturated rings. The van der Waals surface area contributed by atoms with Gasteiger partial charge in [0, 0.05) is 0 Å². The predicted molar refractivity (Wildman–Crippen MR) is 577 cm³/mol. The Hall–Kier alpha value is -0.780. The van der Waals surface area contributed by atoms with Crippen molar-refractivity contribution in [2.45, 2.75) is 625 Å². The fourth-order valence-corrected chi connectivity index (χ4v) is 25.6. The van der Waals surface area contributed by atoms with Gasteiger partial charge in [-0.25, -0.2) is 0 Å². The Morgan fingerprint density at radius 1 is 0.185 bits per heavy atom. The van der Waals surface area contributed by atoms with Gasteiger partial charge in [0.2, 0.25) is 0 Å². The lowest BCUT2D eigenvalue weighted by molar-refractivity contribution is -0.269. The molecule has 0 aliphatic carbocycles. The van der Waals surface area contributed by atoms with Gasteiger partial charge in [0.05, 0.1) is 0 Å². The van der Waals surface area contributed by atoms with Crippen LogP contribution in [0.3, 0.4) is 0 Å². The second-order valence-corrected chi connectivity index (χ2v) is 59.0. The van der Waals surface area contributed by atoms with Crippen molar-refractivity contribution in [3.63, 3.8) is 0 Å². The van der Waals surface area contributed by atoms with Crippen molar-refractivity contribution < 1.29 is 0 Å². The molecule has 0 aliphatic rings. The number of rotatable bonds is 56. The Balaban J connectivity index is -0.00000199. The summed E-state index contributed by atoms with van der Waals surface area (Å²) in [5, 5.41) is 0. The van der Waals surface area contributed by atoms with E-state index in [0.717, 1.165) is 25.2 Å². The molecule has 0 spiro atoms. The van der Waals surface area contributed by atoms with Crippen LogP contribution in [-0.4, -0.2) is 0 Å². The summed E-state index contributed by atoms with van der Waals surface area (Å²) in [4.78, 5) is 0. The summed E-state index contributed by atoms with van der Waals surface area (Å²) in [6, 6.07) is 0. The zero-order valence-electron chi connectivity index (χ0n) is 98.1. The van der Waals surface area contributed by atoms with Gasteiger partial charge >= 0.3 is 0 Å². The summed E-state index contributed by atoms with van der Waals surface area (Å²) in [5.41, 5.74) is 6.70. The van der Waals surface area contributed by atoms with E-state index in [-0.39, 0.29) is 119 Å². The standard InChI is InChI=1S/C56H112.C51H102.C17H34/c1-30-32-34-36-37-39-41-47(12,13)50(18,19)52(22,23)54(26,27)56(29,48(14,15)42-43(3)55(28,44(4,5)6)45(7,8)9)53(24,25)51(20,21)49(16,17)46(10,11)40-38-35-33-31-2;1-19-21-23-25-27-29-30-32-34-36-38-44(37-35-33-31-28-26-24-22-20-2)39-40-47(10,11)49(14,15)42-50(16,17)48(12,13)41-43(3)51(18,45(4,5)6)46(7,8)9;1-13(12-14(2,3)4)17(11,15(5,6)7)16(8,9)10/h3,30-42H2,1-2,4-29H3;44H,3,19-42H2,1-2,4-18H3;1,12H2,2-11H3. The van der Waals surface area contributed by atoms with Crippen LogP contribution in [0.15, 0.2) is 36.5 Å². The molecule has 0 heterocycles. The molecule has 0 heteroatoms. The van der Waals surface area contributed by atoms with Gasteiger partial charge in [0.1, 0.15) is 0 Å². The van der Waals surface area contributed by atoms with Crippen molar-refractivity contribution in [3.05, 3.63) is 36.5 Å². The van der Waals surface area contributed by atoms with Crippen molar-refractivity contribution >= 4 is 0 Å². The third-order valence-electron chi connectivity index (χ3n) is 41.6. The van der Waals surface area contributed by atoms with Gasteiger partial charge in [-0.3, -0.25) is 0 Å². The lowest BCUT2D eigenvalue weighted by atomic mass is 9.29. The lowest BCUT2D eigenvalue weighted by Gasteiger charge is -2.75. The van der Waals surface area contributed by atoms with E-state index in [0.29, 0.717) is 10.8 Å². The van der Waals surface area contributed by atoms with Crippen molar-refractivity contribution in [1.82, 2.24) is 0 Å². The summed E-state index contributed by atoms with van der Waals surface area (Å²) >= 11 is 0. The van der Waals surface area contributed by atoms with E-state index < -0.39 is 0 Å². The summed E-state index contributed by atoms with van der Waals surface area (Å²) in [7, 11) is 0. The van der Waals surface area contributed by atoms with Gasteiger partial charge in [0.15, 0.2) is 0 Å². The van der Waals surface area contributed by atoms with Crippen LogP contribution in [0.5, 0.6) is 0 Å². The Morgan fingerprint density at radius 3 is 0.637 bits per heavy atom. The summed E-state index contributed by atoms with van der Waals surface area (Å²) < 4.78 is 0. The molecule has 0 aromatic rings. The molecule has 0 amide bonds. The summed E-state index contributed by atoms with van der Waals surface area (Å²) in [6.45, 7) is 153. The number of hydrogen-bond acceptors (Lipinski definition) is 0. The molecule has 0 saturated heterocycles. The Morgan fingerprint density at radius 2 is 0.395 bits per heavy atom. The zero-order chi connectivity index (χ0) is 99.2. The second-order valence-electron chi connectivity index (χ2n) is 59.0. The van der Waals surface area contributed by atoms with Crippen LogP contribution in [0.1, 0.15) is 625 Å². The van der Waals surface area contributed by atoms with Crippen molar-refractivity contribution in [1.29, 1.82) is 0 Å². The van der Waals surface area contributed by atoms with Crippen molar-refractivity contribution in [3.8, 4) is 0 Å². The molecule has 0 aliphatic heterocycles. The average Bonchev–Trinajstić information content (AvgIpc) is 0.669. The maximum atomic E-state index is 5.13. The highest BCUT2D eigenvalue weighted by Crippen LogP contribution is 2.79. The molecule has 0 N–H and O–H groups in total. The minimum Gasteiger partial charge on any atom is -0.0992 e. The maximum absolute atomic E-state index is 5.13. The molecular formula is C124H248. The van der Waals surface area contributed by atoms with Crippen LogP contribution >= 0.6 is 0 Å². The maximum Gasteiger partial charge on any atom is -0.00219 e. The first kappa shape index (κ1) is 127. The van der Waals surface area contributed by atoms with Crippen LogP contribution in [0, 0.1) is 136 Å². The minimum atomic E-state index is -0.122. The molecule has 0 nitrogen and oxygen atoms in total. The number of allylic oxidation sites excluding steroid dienone is 3. The first-order valence-corrected chi connectivity index (χ1v) is 54.0. The van der Waals surface area contributed by atoms with Crippen LogP contribution in [-0.2, 0) is 0 Å².